The van der Waals surface area contributed by atoms with E-state index in [4.69, 9.17) is 26.8 Å². The number of nitrogens with two attached hydrogens (primary N) is 1. The number of carbonyl (C=O) groups excluding carboxylic acids is 3. The van der Waals surface area contributed by atoms with Crippen LogP contribution in [0, 0.1) is 17.6 Å². The largest absolute Gasteiger partial charge is 0.488 e. The van der Waals surface area contributed by atoms with Crippen LogP contribution in [-0.4, -0.2) is 114 Å². The number of ether oxygens (including phenoxy) is 2. The SMILES string of the molecule is C[C@H]1c2c(cc(F)c(Cl)c2-c2c(C(N)=O)ccc(OCCO)c2F)O[C@]1(CNC1CCC(CN2CCC(N3CCC(c4ccc5c(N6CCC(=O)NC6=O)nn(C)c5c4)CC3)CC2)CC1)c1ccccc1. The second-order valence-electron chi connectivity index (χ2n) is 20.2. The zero-order valence-corrected chi connectivity index (χ0v) is 41.2. The molecule has 4 aliphatic heterocycles. The minimum absolute atomic E-state index is 0.0125. The molecule has 71 heavy (non-hydrogen) atoms. The van der Waals surface area contributed by atoms with E-state index in [1.807, 2.05) is 49.0 Å². The van der Waals surface area contributed by atoms with Crippen molar-refractivity contribution < 1.29 is 37.7 Å². The number of aryl methyl sites for hydroxylation is 1. The predicted octanol–water partition coefficient (Wildman–Crippen LogP) is 7.97. The van der Waals surface area contributed by atoms with E-state index in [9.17, 15) is 19.5 Å². The third-order valence-electron chi connectivity index (χ3n) is 16.1. The molecule has 5 aromatic rings. The number of aliphatic hydroxyl groups is 1. The Balaban J connectivity index is 0.737. The van der Waals surface area contributed by atoms with Crippen molar-refractivity contribution in [1.82, 2.24) is 30.2 Å². The first-order valence-corrected chi connectivity index (χ1v) is 25.6. The lowest BCUT2D eigenvalue weighted by molar-refractivity contribution is -0.120. The lowest BCUT2D eigenvalue weighted by Gasteiger charge is -2.43. The first-order valence-electron chi connectivity index (χ1n) is 25.2. The molecule has 1 aliphatic carbocycles. The second-order valence-corrected chi connectivity index (χ2v) is 20.6. The molecule has 2 atom stereocenters. The number of anilines is 1. The van der Waals surface area contributed by atoms with Gasteiger partial charge in [-0.2, -0.15) is 5.10 Å². The molecule has 5 aliphatic rings. The molecule has 1 aromatic heterocycles. The monoisotopic (exact) mass is 992 g/mol. The zero-order chi connectivity index (χ0) is 49.6. The molecule has 3 saturated heterocycles. The van der Waals surface area contributed by atoms with Crippen molar-refractivity contribution in [1.29, 1.82) is 0 Å². The van der Waals surface area contributed by atoms with E-state index in [2.05, 4.69) is 43.7 Å². The molecule has 1 saturated carbocycles. The smallest absolute Gasteiger partial charge is 0.329 e. The molecule has 14 nitrogen and oxygen atoms in total. The van der Waals surface area contributed by atoms with E-state index in [-0.39, 0.29) is 64.8 Å². The number of nitrogens with one attached hydrogen (secondary N) is 2. The maximum Gasteiger partial charge on any atom is 0.329 e. The molecule has 5 heterocycles. The van der Waals surface area contributed by atoms with Crippen molar-refractivity contribution in [3.63, 3.8) is 0 Å². The van der Waals surface area contributed by atoms with Crippen molar-refractivity contribution in [3.05, 3.63) is 106 Å². The van der Waals surface area contributed by atoms with Crippen LogP contribution in [0.1, 0.15) is 104 Å². The Morgan fingerprint density at radius 2 is 1.70 bits per heavy atom. The Morgan fingerprint density at radius 3 is 2.41 bits per heavy atom. The van der Waals surface area contributed by atoms with E-state index in [1.165, 1.54) is 36.6 Å². The number of halogens is 3. The van der Waals surface area contributed by atoms with Crippen molar-refractivity contribution >= 4 is 46.2 Å². The second kappa shape index (κ2) is 20.5. The number of urea groups is 1. The van der Waals surface area contributed by atoms with E-state index in [1.54, 1.807) is 4.90 Å². The number of fused-ring (bicyclic) bond motifs is 2. The van der Waals surface area contributed by atoms with Crippen molar-refractivity contribution in [3.8, 4) is 22.6 Å². The van der Waals surface area contributed by atoms with Gasteiger partial charge in [0.15, 0.2) is 23.0 Å². The van der Waals surface area contributed by atoms with Gasteiger partial charge in [-0.15, -0.1) is 0 Å². The lowest BCUT2D eigenvalue weighted by atomic mass is 9.77. The van der Waals surface area contributed by atoms with Crippen molar-refractivity contribution in [2.24, 2.45) is 18.7 Å². The maximum atomic E-state index is 16.5. The fraction of sp³-hybridized carbons (Fsp3) is 0.481. The first-order chi connectivity index (χ1) is 34.3. The molecular weight excluding hydrogens is 930 g/mol. The highest BCUT2D eigenvalue weighted by molar-refractivity contribution is 6.34. The summed E-state index contributed by atoms with van der Waals surface area (Å²) in [7, 11) is 1.91. The number of carbonyl (C=O) groups is 3. The van der Waals surface area contributed by atoms with E-state index >= 15 is 8.78 Å². The number of imide groups is 1. The molecule has 5 N–H and O–H groups in total. The topological polar surface area (TPSA) is 168 Å². The molecule has 10 rings (SSSR count). The van der Waals surface area contributed by atoms with Crippen molar-refractivity contribution in [2.45, 2.75) is 94.2 Å². The molecule has 4 amide bonds. The van der Waals surface area contributed by atoms with Crippen LogP contribution in [0.2, 0.25) is 5.02 Å². The summed E-state index contributed by atoms with van der Waals surface area (Å²) in [6, 6.07) is 20.5. The van der Waals surface area contributed by atoms with Crippen LogP contribution in [0.25, 0.3) is 22.0 Å². The summed E-state index contributed by atoms with van der Waals surface area (Å²) in [6.45, 7) is 7.61. The zero-order valence-electron chi connectivity index (χ0n) is 40.4. The quantitative estimate of drug-likeness (QED) is 0.0857. The standard InChI is InChI=1S/C54H63ClF2N8O6/c1-32-46-44(29-41(56)49(55)48(46)47-40(51(58)68)14-15-43(50(47)57)70-27-26-66)71-54(32,36-6-4-3-5-7-36)31-59-37-11-8-33(9-12-37)30-63-21-18-38(19-22-63)64-23-16-34(17-24-64)35-10-13-39-42(28-35)62(2)61-52(39)65-25-20-45(67)60-53(65)69/h3-7,10,13-15,28-29,32-34,37-38,59,66H,8-9,11-12,16-27,30-31H2,1-2H3,(H2,58,68)(H,60,67,69)/t32-,33?,37?,54-/m0/s1. The summed E-state index contributed by atoms with van der Waals surface area (Å²) in [4.78, 5) is 44.0. The van der Waals surface area contributed by atoms with Crippen LogP contribution in [0.15, 0.2) is 66.7 Å². The third-order valence-corrected chi connectivity index (χ3v) is 16.5. The number of primary amides is 1. The van der Waals surface area contributed by atoms with Gasteiger partial charge in [0.05, 0.1) is 22.7 Å². The maximum absolute atomic E-state index is 16.5. The fourth-order valence-electron chi connectivity index (χ4n) is 12.2. The van der Waals surface area contributed by atoms with Gasteiger partial charge in [0, 0.05) is 79.2 Å². The summed E-state index contributed by atoms with van der Waals surface area (Å²) in [5.74, 6) is -1.78. The third kappa shape index (κ3) is 9.49. The van der Waals surface area contributed by atoms with E-state index < -0.39 is 35.1 Å². The van der Waals surface area contributed by atoms with Gasteiger partial charge in [-0.1, -0.05) is 54.9 Å². The van der Waals surface area contributed by atoms with Crippen LogP contribution in [0.5, 0.6) is 11.5 Å². The molecule has 4 aromatic carbocycles. The summed E-state index contributed by atoms with van der Waals surface area (Å²) >= 11 is 6.74. The van der Waals surface area contributed by atoms with Gasteiger partial charge in [0.25, 0.3) is 0 Å². The fourth-order valence-corrected chi connectivity index (χ4v) is 12.5. The minimum atomic E-state index is -1.03. The lowest BCUT2D eigenvalue weighted by Crippen LogP contribution is -2.49. The summed E-state index contributed by atoms with van der Waals surface area (Å²) in [6.07, 6.45) is 9.07. The van der Waals surface area contributed by atoms with Gasteiger partial charge in [-0.25, -0.2) is 13.6 Å². The van der Waals surface area contributed by atoms with Crippen LogP contribution in [0.3, 0.4) is 0 Å². The van der Waals surface area contributed by atoms with Gasteiger partial charge in [-0.3, -0.25) is 24.5 Å². The van der Waals surface area contributed by atoms with Crippen molar-refractivity contribution in [2.75, 3.05) is 63.9 Å². The van der Waals surface area contributed by atoms with E-state index in [0.29, 0.717) is 42.3 Å². The minimum Gasteiger partial charge on any atom is -0.488 e. The number of aliphatic hydroxyl groups excluding tert-OH is 1. The summed E-state index contributed by atoms with van der Waals surface area (Å²) in [5, 5.41) is 20.9. The Bertz CT molecular complexity index is 2810. The van der Waals surface area contributed by atoms with Gasteiger partial charge in [-0.05, 0) is 125 Å². The van der Waals surface area contributed by atoms with Crippen LogP contribution in [0.4, 0.5) is 19.4 Å². The van der Waals surface area contributed by atoms with Crippen LogP contribution < -0.4 is 30.7 Å². The summed E-state index contributed by atoms with van der Waals surface area (Å²) < 4.78 is 46.5. The van der Waals surface area contributed by atoms with Gasteiger partial charge in [0.2, 0.25) is 11.8 Å². The number of hydrogen-bond acceptors (Lipinski definition) is 10. The number of rotatable bonds is 14. The Hall–Kier alpha value is -5.65. The van der Waals surface area contributed by atoms with Crippen LogP contribution >= 0.6 is 11.6 Å². The number of aromatic nitrogens is 2. The normalized spacial score (nSPS) is 23.7. The number of benzene rings is 4. The van der Waals surface area contributed by atoms with Gasteiger partial charge < -0.3 is 35.4 Å². The predicted molar refractivity (Wildman–Crippen MR) is 268 cm³/mol. The Labute approximate surface area is 417 Å². The summed E-state index contributed by atoms with van der Waals surface area (Å²) in [5.41, 5.74) is 7.90. The Morgan fingerprint density at radius 1 is 0.958 bits per heavy atom. The van der Waals surface area contributed by atoms with Gasteiger partial charge in [0.1, 0.15) is 18.2 Å². The number of amides is 4. The number of nitrogens with zero attached hydrogens (tertiary/aromatic N) is 5. The molecule has 0 radical (unpaired) electrons. The highest BCUT2D eigenvalue weighted by Crippen LogP contribution is 2.56. The molecule has 4 fully saturated rings. The number of piperidine rings is 2. The average molecular weight is 994 g/mol. The highest BCUT2D eigenvalue weighted by Gasteiger charge is 2.50. The number of likely N-dealkylation sites (tertiary alicyclic amines) is 2. The molecule has 0 bridgehead atoms. The molecule has 0 spiro atoms. The molecule has 17 heteroatoms. The van der Waals surface area contributed by atoms with Crippen LogP contribution in [-0.2, 0) is 17.4 Å². The number of hydrogen-bond donors (Lipinski definition) is 4. The van der Waals surface area contributed by atoms with E-state index in [0.717, 1.165) is 87.7 Å². The molecular formula is C54H63ClF2N8O6. The molecule has 376 valence electrons. The molecule has 0 unspecified atom stereocenters. The first kappa shape index (κ1) is 49.0. The highest BCUT2D eigenvalue weighted by atomic mass is 35.5. The average Bonchev–Trinajstić information content (AvgIpc) is 3.86. The Kier molecular flexibility index (Phi) is 14.1. The van der Waals surface area contributed by atoms with Gasteiger partial charge >= 0.3 is 6.03 Å².